The van der Waals surface area contributed by atoms with Gasteiger partial charge in [0.25, 0.3) is 0 Å². The molecule has 1 aliphatic carbocycles. The third kappa shape index (κ3) is 2.78. The molecule has 0 spiro atoms. The zero-order valence-corrected chi connectivity index (χ0v) is 13.0. The van der Waals surface area contributed by atoms with Crippen LogP contribution in [0.3, 0.4) is 0 Å². The molecule has 0 fully saturated rings. The SMILES string of the molecule is C1=CCCC(N(c2ccccc2)c2ccc3ccccc3c2)=C1. The summed E-state index contributed by atoms with van der Waals surface area (Å²) >= 11 is 0. The van der Waals surface area contributed by atoms with Crippen molar-refractivity contribution in [2.45, 2.75) is 12.8 Å². The molecule has 0 heterocycles. The van der Waals surface area contributed by atoms with E-state index in [0.717, 1.165) is 12.8 Å². The van der Waals surface area contributed by atoms with Crippen LogP contribution in [0.25, 0.3) is 10.8 Å². The van der Waals surface area contributed by atoms with Crippen LogP contribution in [0.5, 0.6) is 0 Å². The van der Waals surface area contributed by atoms with Gasteiger partial charge in [-0.05, 0) is 54.0 Å². The summed E-state index contributed by atoms with van der Waals surface area (Å²) in [7, 11) is 0. The van der Waals surface area contributed by atoms with Gasteiger partial charge in [-0.1, -0.05) is 60.7 Å². The summed E-state index contributed by atoms with van der Waals surface area (Å²) in [5.74, 6) is 0. The standard InChI is InChI=1S/C22H19N/c1-3-11-20(12-4-1)23(21-13-5-2-6-14-21)22-16-15-18-9-7-8-10-19(18)17-22/h1-5,7-13,15-17H,6,14H2. The Balaban J connectivity index is 1.86. The minimum atomic E-state index is 1.07. The highest BCUT2D eigenvalue weighted by Crippen LogP contribution is 2.34. The molecule has 1 nitrogen and oxygen atoms in total. The van der Waals surface area contributed by atoms with E-state index in [1.807, 2.05) is 0 Å². The highest BCUT2D eigenvalue weighted by Gasteiger charge is 2.15. The first-order chi connectivity index (χ1) is 11.4. The molecular weight excluding hydrogens is 278 g/mol. The predicted octanol–water partition coefficient (Wildman–Crippen LogP) is 6.21. The molecule has 1 heteroatoms. The number of fused-ring (bicyclic) bond motifs is 1. The summed E-state index contributed by atoms with van der Waals surface area (Å²) in [4.78, 5) is 2.37. The molecule has 0 saturated heterocycles. The molecule has 0 atom stereocenters. The van der Waals surface area contributed by atoms with Crippen LogP contribution in [0.2, 0.25) is 0 Å². The molecule has 0 aliphatic heterocycles. The Kier molecular flexibility index (Phi) is 3.69. The molecule has 0 aromatic heterocycles. The van der Waals surface area contributed by atoms with Crippen molar-refractivity contribution >= 4 is 22.1 Å². The van der Waals surface area contributed by atoms with Gasteiger partial charge in [0.1, 0.15) is 0 Å². The van der Waals surface area contributed by atoms with Crippen molar-refractivity contribution in [2.75, 3.05) is 4.90 Å². The van der Waals surface area contributed by atoms with Crippen LogP contribution >= 0.6 is 0 Å². The van der Waals surface area contributed by atoms with Crippen molar-refractivity contribution in [1.82, 2.24) is 0 Å². The molecule has 0 N–H and O–H groups in total. The lowest BCUT2D eigenvalue weighted by molar-refractivity contribution is 0.918. The van der Waals surface area contributed by atoms with Crippen LogP contribution in [0.1, 0.15) is 12.8 Å². The number of hydrogen-bond acceptors (Lipinski definition) is 1. The first-order valence-corrected chi connectivity index (χ1v) is 8.11. The fourth-order valence-electron chi connectivity index (χ4n) is 3.15. The molecule has 0 saturated carbocycles. The minimum absolute atomic E-state index is 1.07. The number of para-hydroxylation sites is 1. The van der Waals surface area contributed by atoms with Crippen molar-refractivity contribution in [1.29, 1.82) is 0 Å². The second-order valence-electron chi connectivity index (χ2n) is 5.83. The lowest BCUT2D eigenvalue weighted by Gasteiger charge is -2.29. The molecular formula is C22H19N. The molecule has 0 bridgehead atoms. The monoisotopic (exact) mass is 297 g/mol. The maximum atomic E-state index is 2.37. The first-order valence-electron chi connectivity index (χ1n) is 8.11. The number of allylic oxidation sites excluding steroid dienone is 4. The Morgan fingerprint density at radius 1 is 0.696 bits per heavy atom. The lowest BCUT2D eigenvalue weighted by atomic mass is 10.1. The van der Waals surface area contributed by atoms with E-state index >= 15 is 0 Å². The summed E-state index contributed by atoms with van der Waals surface area (Å²) in [6, 6.07) is 25.8. The first kappa shape index (κ1) is 13.8. The van der Waals surface area contributed by atoms with Gasteiger partial charge in [0.15, 0.2) is 0 Å². The van der Waals surface area contributed by atoms with E-state index in [9.17, 15) is 0 Å². The topological polar surface area (TPSA) is 3.24 Å². The summed E-state index contributed by atoms with van der Waals surface area (Å²) in [5.41, 5.74) is 3.77. The smallest absolute Gasteiger partial charge is 0.0464 e. The molecule has 4 rings (SSSR count). The summed E-state index contributed by atoms with van der Waals surface area (Å²) in [6.07, 6.45) is 8.79. The van der Waals surface area contributed by atoms with Crippen molar-refractivity contribution < 1.29 is 0 Å². The van der Waals surface area contributed by atoms with E-state index in [2.05, 4.69) is 95.9 Å². The van der Waals surface area contributed by atoms with Crippen LogP contribution < -0.4 is 4.90 Å². The van der Waals surface area contributed by atoms with Gasteiger partial charge in [-0.25, -0.2) is 0 Å². The predicted molar refractivity (Wildman–Crippen MR) is 99.0 cm³/mol. The van der Waals surface area contributed by atoms with Crippen molar-refractivity contribution in [3.63, 3.8) is 0 Å². The van der Waals surface area contributed by atoms with E-state index < -0.39 is 0 Å². The highest BCUT2D eigenvalue weighted by atomic mass is 15.1. The van der Waals surface area contributed by atoms with Crippen LogP contribution in [0.4, 0.5) is 11.4 Å². The summed E-state index contributed by atoms with van der Waals surface area (Å²) < 4.78 is 0. The van der Waals surface area contributed by atoms with Gasteiger partial charge in [0.05, 0.1) is 0 Å². The van der Waals surface area contributed by atoms with Crippen molar-refractivity contribution in [3.05, 3.63) is 96.7 Å². The van der Waals surface area contributed by atoms with E-state index in [1.165, 1.54) is 27.8 Å². The van der Waals surface area contributed by atoms with Crippen LogP contribution in [0, 0.1) is 0 Å². The average molecular weight is 297 g/mol. The lowest BCUT2D eigenvalue weighted by Crippen LogP contribution is -2.17. The third-order valence-electron chi connectivity index (χ3n) is 4.28. The fourth-order valence-corrected chi connectivity index (χ4v) is 3.15. The molecule has 0 radical (unpaired) electrons. The van der Waals surface area contributed by atoms with Gasteiger partial charge in [0.2, 0.25) is 0 Å². The number of hydrogen-bond donors (Lipinski definition) is 0. The zero-order valence-electron chi connectivity index (χ0n) is 13.0. The van der Waals surface area contributed by atoms with Gasteiger partial charge in [0, 0.05) is 17.1 Å². The van der Waals surface area contributed by atoms with Gasteiger partial charge >= 0.3 is 0 Å². The Morgan fingerprint density at radius 3 is 2.26 bits per heavy atom. The second-order valence-corrected chi connectivity index (χ2v) is 5.83. The summed E-state index contributed by atoms with van der Waals surface area (Å²) in [6.45, 7) is 0. The quantitative estimate of drug-likeness (QED) is 0.555. The maximum Gasteiger partial charge on any atom is 0.0464 e. The van der Waals surface area contributed by atoms with E-state index in [-0.39, 0.29) is 0 Å². The molecule has 1 aliphatic rings. The Labute approximate surface area is 137 Å². The van der Waals surface area contributed by atoms with Crippen LogP contribution in [-0.4, -0.2) is 0 Å². The van der Waals surface area contributed by atoms with Gasteiger partial charge < -0.3 is 4.90 Å². The Morgan fingerprint density at radius 2 is 1.48 bits per heavy atom. The summed E-state index contributed by atoms with van der Waals surface area (Å²) in [5, 5.41) is 2.56. The minimum Gasteiger partial charge on any atom is -0.314 e. The van der Waals surface area contributed by atoms with E-state index in [4.69, 9.17) is 0 Å². The molecule has 3 aromatic rings. The Hall–Kier alpha value is -2.80. The van der Waals surface area contributed by atoms with Gasteiger partial charge in [-0.15, -0.1) is 0 Å². The van der Waals surface area contributed by atoms with Crippen molar-refractivity contribution in [2.24, 2.45) is 0 Å². The molecule has 3 aromatic carbocycles. The van der Waals surface area contributed by atoms with Crippen molar-refractivity contribution in [3.8, 4) is 0 Å². The number of nitrogens with zero attached hydrogens (tertiary/aromatic N) is 1. The van der Waals surface area contributed by atoms with Gasteiger partial charge in [-0.2, -0.15) is 0 Å². The van der Waals surface area contributed by atoms with E-state index in [1.54, 1.807) is 0 Å². The van der Waals surface area contributed by atoms with Crippen LogP contribution in [0.15, 0.2) is 96.7 Å². The average Bonchev–Trinajstić information content (AvgIpc) is 2.64. The fraction of sp³-hybridized carbons (Fsp3) is 0.0909. The van der Waals surface area contributed by atoms with E-state index in [0.29, 0.717) is 0 Å². The largest absolute Gasteiger partial charge is 0.314 e. The van der Waals surface area contributed by atoms with Gasteiger partial charge in [-0.3, -0.25) is 0 Å². The zero-order chi connectivity index (χ0) is 15.5. The molecule has 0 amide bonds. The van der Waals surface area contributed by atoms with Crippen LogP contribution in [-0.2, 0) is 0 Å². The highest BCUT2D eigenvalue weighted by molar-refractivity contribution is 5.87. The number of rotatable bonds is 3. The number of anilines is 2. The third-order valence-corrected chi connectivity index (χ3v) is 4.28. The maximum absolute atomic E-state index is 2.37. The molecule has 0 unspecified atom stereocenters. The second kappa shape index (κ2) is 6.13. The normalized spacial score (nSPS) is 13.8. The molecule has 112 valence electrons. The molecule has 23 heavy (non-hydrogen) atoms. The Bertz CT molecular complexity index is 875. The number of benzene rings is 3.